The molecule has 0 aliphatic carbocycles. The zero-order valence-electron chi connectivity index (χ0n) is 18.7. The molecule has 0 saturated carbocycles. The van der Waals surface area contributed by atoms with Gasteiger partial charge in [0.15, 0.2) is 0 Å². The van der Waals surface area contributed by atoms with Crippen LogP contribution < -0.4 is 4.74 Å². The first-order chi connectivity index (χ1) is 16.2. The van der Waals surface area contributed by atoms with E-state index in [2.05, 4.69) is 40.2 Å². The van der Waals surface area contributed by atoms with Gasteiger partial charge in [-0.15, -0.1) is 0 Å². The number of benzene rings is 2. The van der Waals surface area contributed by atoms with Crippen molar-refractivity contribution in [3.63, 3.8) is 0 Å². The highest BCUT2D eigenvalue weighted by molar-refractivity contribution is 5.81. The number of hydrogen-bond acceptors (Lipinski definition) is 5. The zero-order chi connectivity index (χ0) is 22.6. The third kappa shape index (κ3) is 5.05. The maximum Gasteiger partial charge on any atom is 0.123 e. The number of aryl methyl sites for hydroxylation is 1. The molecule has 1 fully saturated rings. The number of halogens is 1. The van der Waals surface area contributed by atoms with Crippen molar-refractivity contribution in [3.05, 3.63) is 89.6 Å². The molecular weight excluding hydrogens is 419 g/mol. The van der Waals surface area contributed by atoms with Gasteiger partial charge in [0.05, 0.1) is 24.4 Å². The van der Waals surface area contributed by atoms with Gasteiger partial charge in [-0.3, -0.25) is 14.6 Å². The lowest BCUT2D eigenvalue weighted by Crippen LogP contribution is -2.38. The number of rotatable bonds is 7. The van der Waals surface area contributed by atoms with Gasteiger partial charge in [-0.1, -0.05) is 24.3 Å². The van der Waals surface area contributed by atoms with Gasteiger partial charge in [0, 0.05) is 50.4 Å². The molecule has 3 heterocycles. The van der Waals surface area contributed by atoms with E-state index in [4.69, 9.17) is 14.6 Å². The first-order valence-corrected chi connectivity index (χ1v) is 11.2. The number of morpholine rings is 1. The molecule has 170 valence electrons. The van der Waals surface area contributed by atoms with Gasteiger partial charge in [-0.2, -0.15) is 5.10 Å². The predicted octanol–water partition coefficient (Wildman–Crippen LogP) is 4.30. The van der Waals surface area contributed by atoms with Crippen molar-refractivity contribution in [3.8, 4) is 5.75 Å². The Hall–Kier alpha value is -3.29. The average molecular weight is 447 g/mol. The lowest BCUT2D eigenvalue weighted by molar-refractivity contribution is -0.0351. The molecule has 2 aromatic carbocycles. The second-order valence-electron chi connectivity index (χ2n) is 8.32. The van der Waals surface area contributed by atoms with E-state index in [1.54, 1.807) is 12.1 Å². The smallest absolute Gasteiger partial charge is 0.123 e. The Morgan fingerprint density at radius 2 is 1.97 bits per heavy atom. The number of nitrogens with zero attached hydrogens (tertiary/aromatic N) is 4. The summed E-state index contributed by atoms with van der Waals surface area (Å²) in [6.45, 7) is 3.66. The fraction of sp³-hybridized carbons (Fsp3) is 0.308. The predicted molar refractivity (Wildman–Crippen MR) is 125 cm³/mol. The molecule has 1 atom stereocenters. The third-order valence-electron chi connectivity index (χ3n) is 6.03. The Balaban J connectivity index is 1.22. The molecule has 1 saturated heterocycles. The maximum absolute atomic E-state index is 13.0. The Kier molecular flexibility index (Phi) is 6.32. The highest BCUT2D eigenvalue weighted by Gasteiger charge is 2.25. The summed E-state index contributed by atoms with van der Waals surface area (Å²) >= 11 is 0. The van der Waals surface area contributed by atoms with Gasteiger partial charge < -0.3 is 9.47 Å². The molecule has 0 N–H and O–H groups in total. The highest BCUT2D eigenvalue weighted by atomic mass is 19.1. The van der Waals surface area contributed by atoms with Crippen LogP contribution >= 0.6 is 0 Å². The summed E-state index contributed by atoms with van der Waals surface area (Å²) < 4.78 is 26.7. The van der Waals surface area contributed by atoms with E-state index in [0.717, 1.165) is 41.9 Å². The van der Waals surface area contributed by atoms with E-state index in [0.29, 0.717) is 25.4 Å². The monoisotopic (exact) mass is 446 g/mol. The minimum atomic E-state index is -0.267. The van der Waals surface area contributed by atoms with Crippen molar-refractivity contribution in [2.75, 3.05) is 26.3 Å². The SMILES string of the molecule is Cn1nc([C@@H]2CN(Cc3cccc4cccnc34)CCO2)cc1CCOc1ccc(F)cc1. The van der Waals surface area contributed by atoms with Crippen molar-refractivity contribution in [2.45, 2.75) is 19.1 Å². The summed E-state index contributed by atoms with van der Waals surface area (Å²) in [5.41, 5.74) is 4.30. The van der Waals surface area contributed by atoms with Crippen molar-refractivity contribution in [1.82, 2.24) is 19.7 Å². The molecule has 0 spiro atoms. The summed E-state index contributed by atoms with van der Waals surface area (Å²) in [6, 6.07) is 18.6. The van der Waals surface area contributed by atoms with Crippen LogP contribution in [-0.4, -0.2) is 46.0 Å². The molecule has 4 aromatic rings. The van der Waals surface area contributed by atoms with E-state index >= 15 is 0 Å². The zero-order valence-corrected chi connectivity index (χ0v) is 18.7. The third-order valence-corrected chi connectivity index (χ3v) is 6.03. The standard InChI is InChI=1S/C26H27FN4O2/c1-30-22(11-14-32-23-9-7-21(27)8-10-23)16-24(29-30)25-18-31(13-15-33-25)17-20-5-2-4-19-6-3-12-28-26(19)20/h2-10,12,16,25H,11,13-15,17-18H2,1H3/t25-/m0/s1. The van der Waals surface area contributed by atoms with Crippen LogP contribution in [0.4, 0.5) is 4.39 Å². The van der Waals surface area contributed by atoms with Crippen LogP contribution in [0, 0.1) is 5.82 Å². The second kappa shape index (κ2) is 9.68. The molecule has 5 rings (SSSR count). The molecule has 0 amide bonds. The number of aromatic nitrogens is 3. The number of fused-ring (bicyclic) bond motifs is 1. The molecule has 6 nitrogen and oxygen atoms in total. The van der Waals surface area contributed by atoms with Crippen LogP contribution in [0.5, 0.6) is 5.75 Å². The Morgan fingerprint density at radius 1 is 1.12 bits per heavy atom. The van der Waals surface area contributed by atoms with E-state index in [1.807, 2.05) is 24.0 Å². The first-order valence-electron chi connectivity index (χ1n) is 11.2. The van der Waals surface area contributed by atoms with Crippen LogP contribution in [0.2, 0.25) is 0 Å². The molecular formula is C26H27FN4O2. The van der Waals surface area contributed by atoms with Crippen molar-refractivity contribution in [2.24, 2.45) is 7.05 Å². The van der Waals surface area contributed by atoms with Crippen molar-refractivity contribution in [1.29, 1.82) is 0 Å². The topological polar surface area (TPSA) is 52.4 Å². The van der Waals surface area contributed by atoms with E-state index in [-0.39, 0.29) is 11.9 Å². The molecule has 1 aliphatic heterocycles. The van der Waals surface area contributed by atoms with Crippen molar-refractivity contribution < 1.29 is 13.9 Å². The quantitative estimate of drug-likeness (QED) is 0.424. The van der Waals surface area contributed by atoms with Gasteiger partial charge >= 0.3 is 0 Å². The summed E-state index contributed by atoms with van der Waals surface area (Å²) in [6.07, 6.45) is 2.49. The van der Waals surface area contributed by atoms with Crippen LogP contribution in [0.25, 0.3) is 10.9 Å². The normalized spacial score (nSPS) is 16.8. The fourth-order valence-corrected chi connectivity index (χ4v) is 4.29. The van der Waals surface area contributed by atoms with E-state index in [9.17, 15) is 4.39 Å². The molecule has 1 aliphatic rings. The van der Waals surface area contributed by atoms with Gasteiger partial charge in [0.1, 0.15) is 17.7 Å². The van der Waals surface area contributed by atoms with E-state index in [1.165, 1.54) is 17.7 Å². The second-order valence-corrected chi connectivity index (χ2v) is 8.32. The minimum Gasteiger partial charge on any atom is -0.493 e. The van der Waals surface area contributed by atoms with Gasteiger partial charge in [0.25, 0.3) is 0 Å². The first kappa shape index (κ1) is 21.6. The molecule has 2 aromatic heterocycles. The maximum atomic E-state index is 13.0. The fourth-order valence-electron chi connectivity index (χ4n) is 4.29. The lowest BCUT2D eigenvalue weighted by atomic mass is 10.1. The van der Waals surface area contributed by atoms with Gasteiger partial charge in [-0.25, -0.2) is 4.39 Å². The summed E-state index contributed by atoms with van der Waals surface area (Å²) in [5.74, 6) is 0.393. The largest absolute Gasteiger partial charge is 0.493 e. The Morgan fingerprint density at radius 3 is 2.85 bits per heavy atom. The van der Waals surface area contributed by atoms with Crippen LogP contribution in [0.15, 0.2) is 66.9 Å². The number of pyridine rings is 1. The van der Waals surface area contributed by atoms with Crippen molar-refractivity contribution >= 4 is 10.9 Å². The van der Waals surface area contributed by atoms with Crippen LogP contribution in [-0.2, 0) is 24.8 Å². The minimum absolute atomic E-state index is 0.0698. The Labute approximate surface area is 192 Å². The van der Waals surface area contributed by atoms with Gasteiger partial charge in [0.2, 0.25) is 0 Å². The molecule has 33 heavy (non-hydrogen) atoms. The summed E-state index contributed by atoms with van der Waals surface area (Å²) in [4.78, 5) is 7.00. The van der Waals surface area contributed by atoms with E-state index < -0.39 is 0 Å². The van der Waals surface area contributed by atoms with Crippen LogP contribution in [0.3, 0.4) is 0 Å². The lowest BCUT2D eigenvalue weighted by Gasteiger charge is -2.32. The Bertz CT molecular complexity index is 1220. The number of ether oxygens (including phenoxy) is 2. The summed E-state index contributed by atoms with van der Waals surface area (Å²) in [7, 11) is 1.94. The molecule has 0 unspecified atom stereocenters. The molecule has 0 radical (unpaired) electrons. The highest BCUT2D eigenvalue weighted by Crippen LogP contribution is 2.25. The summed E-state index contributed by atoms with van der Waals surface area (Å²) in [5, 5.41) is 5.87. The number of hydrogen-bond donors (Lipinski definition) is 0. The molecule has 7 heteroatoms. The van der Waals surface area contributed by atoms with Crippen LogP contribution in [0.1, 0.15) is 23.1 Å². The average Bonchev–Trinajstić information content (AvgIpc) is 3.21. The molecule has 0 bridgehead atoms. The van der Waals surface area contributed by atoms with Gasteiger partial charge in [-0.05, 0) is 42.0 Å². The number of para-hydroxylation sites is 1.